The van der Waals surface area contributed by atoms with Gasteiger partial charge in [-0.1, -0.05) is 33.1 Å². The molecule has 0 fully saturated rings. The molecule has 1 amide bonds. The lowest BCUT2D eigenvalue weighted by Gasteiger charge is -2.26. The van der Waals surface area contributed by atoms with E-state index >= 15 is 0 Å². The smallest absolute Gasteiger partial charge is 0.348 e. The second-order valence-corrected chi connectivity index (χ2v) is 11.2. The van der Waals surface area contributed by atoms with Crippen LogP contribution in [0.5, 0.6) is 0 Å². The zero-order valence-electron chi connectivity index (χ0n) is 15.6. The average molecular weight is 479 g/mol. The predicted molar refractivity (Wildman–Crippen MR) is 124 cm³/mol. The van der Waals surface area contributed by atoms with Gasteiger partial charge < -0.3 is 5.32 Å². The highest BCUT2D eigenvalue weighted by Crippen LogP contribution is 2.47. The number of para-hydroxylation sites is 2. The van der Waals surface area contributed by atoms with Crippen molar-refractivity contribution in [2.24, 2.45) is 4.99 Å². The van der Waals surface area contributed by atoms with Crippen LogP contribution in [0.4, 0.5) is 11.4 Å². The Bertz CT molecular complexity index is 1200. The number of carbonyl (C=O) groups is 1. The Morgan fingerprint density at radius 1 is 1.10 bits per heavy atom. The largest absolute Gasteiger partial charge is 0.350 e. The third-order valence-corrected chi connectivity index (χ3v) is 9.43. The van der Waals surface area contributed by atoms with Crippen LogP contribution in [-0.2, 0) is 21.4 Å². The minimum atomic E-state index is -3.97. The summed E-state index contributed by atoms with van der Waals surface area (Å²) in [5, 5.41) is 5.21. The second-order valence-electron chi connectivity index (χ2n) is 6.39. The zero-order chi connectivity index (χ0) is 21.2. The van der Waals surface area contributed by atoms with Gasteiger partial charge in [0.1, 0.15) is 28.3 Å². The van der Waals surface area contributed by atoms with E-state index in [9.17, 15) is 13.2 Å². The fraction of sp³-hybridized carbons (Fsp3) is 0.100. The van der Waals surface area contributed by atoms with Gasteiger partial charge >= 0.3 is 10.0 Å². The molecule has 2 heterocycles. The third kappa shape index (κ3) is 3.91. The number of hydrogen-bond donors (Lipinski definition) is 1. The molecule has 30 heavy (non-hydrogen) atoms. The van der Waals surface area contributed by atoms with Crippen molar-refractivity contribution < 1.29 is 13.2 Å². The molecule has 10 heteroatoms. The van der Waals surface area contributed by atoms with Crippen molar-refractivity contribution in [2.75, 3.05) is 5.75 Å². The molecular weight excluding hydrogens is 462 g/mol. The Morgan fingerprint density at radius 3 is 2.60 bits per heavy atom. The lowest BCUT2D eigenvalue weighted by Crippen LogP contribution is -2.46. The van der Waals surface area contributed by atoms with Crippen LogP contribution >= 0.6 is 34.9 Å². The third-order valence-electron chi connectivity index (χ3n) is 4.46. The highest BCUT2D eigenvalue weighted by molar-refractivity contribution is 8.12. The summed E-state index contributed by atoms with van der Waals surface area (Å²) < 4.78 is 26.7. The van der Waals surface area contributed by atoms with E-state index in [4.69, 9.17) is 11.6 Å². The summed E-state index contributed by atoms with van der Waals surface area (Å²) in [4.78, 5) is 17.9. The number of amides is 1. The number of nitrogens with one attached hydrogen (secondary N) is 1. The van der Waals surface area contributed by atoms with Crippen LogP contribution in [0.2, 0.25) is 5.02 Å². The van der Waals surface area contributed by atoms with Crippen molar-refractivity contribution in [3.05, 3.63) is 75.9 Å². The van der Waals surface area contributed by atoms with E-state index in [1.54, 1.807) is 35.6 Å². The first-order valence-corrected chi connectivity index (χ1v) is 12.5. The number of fused-ring (bicyclic) bond motifs is 1. The first-order chi connectivity index (χ1) is 14.4. The molecule has 2 aromatic carbocycles. The Hall–Kier alpha value is -2.17. The maximum Gasteiger partial charge on any atom is 0.348 e. The van der Waals surface area contributed by atoms with Gasteiger partial charge in [0.2, 0.25) is 12.2 Å². The Balaban J connectivity index is 1.63. The Kier molecular flexibility index (Phi) is 5.99. The number of sulfonamides is 1. The minimum absolute atomic E-state index is 0.0570. The molecule has 0 saturated heterocycles. The predicted octanol–water partition coefficient (Wildman–Crippen LogP) is 4.74. The van der Waals surface area contributed by atoms with E-state index in [2.05, 4.69) is 10.3 Å². The number of aliphatic imine (C=N–C) groups is 1. The van der Waals surface area contributed by atoms with Crippen molar-refractivity contribution in [2.45, 2.75) is 11.4 Å². The van der Waals surface area contributed by atoms with Crippen molar-refractivity contribution in [3.63, 3.8) is 0 Å². The van der Waals surface area contributed by atoms with Crippen LogP contribution in [0.3, 0.4) is 0 Å². The molecule has 0 spiro atoms. The number of nitrogens with zero attached hydrogens (tertiary/aromatic N) is 2. The Morgan fingerprint density at radius 2 is 1.87 bits per heavy atom. The lowest BCUT2D eigenvalue weighted by molar-refractivity contribution is -0.118. The molecule has 1 N–H and O–H groups in total. The number of thiophene rings is 1. The van der Waals surface area contributed by atoms with Gasteiger partial charge in [-0.25, -0.2) is 0 Å². The van der Waals surface area contributed by atoms with Gasteiger partial charge in [0.25, 0.3) is 0 Å². The number of quaternary nitrogens is 1. The first kappa shape index (κ1) is 21.1. The van der Waals surface area contributed by atoms with Crippen molar-refractivity contribution in [1.82, 2.24) is 8.61 Å². The summed E-state index contributed by atoms with van der Waals surface area (Å²) in [5.74, 6) is -0.312. The minimum Gasteiger partial charge on any atom is -0.350 e. The first-order valence-electron chi connectivity index (χ1n) is 8.90. The fourth-order valence-electron chi connectivity index (χ4n) is 2.97. The van der Waals surface area contributed by atoms with E-state index in [1.807, 2.05) is 17.5 Å². The summed E-state index contributed by atoms with van der Waals surface area (Å²) in [7, 11) is -3.97. The maximum absolute atomic E-state index is 13.7. The van der Waals surface area contributed by atoms with Gasteiger partial charge in [0.05, 0.1) is 6.54 Å². The molecule has 1 aliphatic rings. The van der Waals surface area contributed by atoms with Crippen LogP contribution in [0, 0.1) is 0 Å². The molecule has 4 rings (SSSR count). The molecule has 1 aromatic heterocycles. The molecule has 1 unspecified atom stereocenters. The summed E-state index contributed by atoms with van der Waals surface area (Å²) >= 11 is 8.47. The zero-order valence-corrected chi connectivity index (χ0v) is 18.8. The lowest BCUT2D eigenvalue weighted by atomic mass is 10.3. The molecule has 0 saturated carbocycles. The molecule has 1 atom stereocenters. The summed E-state index contributed by atoms with van der Waals surface area (Å²) in [6.07, 6.45) is 1.37. The molecular formula is C20H17ClN3O3S3+. The van der Waals surface area contributed by atoms with Gasteiger partial charge in [-0.15, -0.1) is 11.3 Å². The molecule has 6 nitrogen and oxygen atoms in total. The van der Waals surface area contributed by atoms with E-state index in [0.717, 1.165) is 16.8 Å². The van der Waals surface area contributed by atoms with Crippen molar-refractivity contribution in [3.8, 4) is 0 Å². The summed E-state index contributed by atoms with van der Waals surface area (Å²) in [6, 6.07) is 16.8. The molecule has 1 aliphatic heterocycles. The van der Waals surface area contributed by atoms with Crippen molar-refractivity contribution >= 4 is 68.5 Å². The van der Waals surface area contributed by atoms with E-state index in [-0.39, 0.29) is 16.6 Å². The topological polar surface area (TPSA) is 75.6 Å². The van der Waals surface area contributed by atoms with Crippen LogP contribution in [0.15, 0.2) is 75.9 Å². The van der Waals surface area contributed by atoms with Gasteiger partial charge in [0, 0.05) is 16.0 Å². The van der Waals surface area contributed by atoms with Gasteiger partial charge in [-0.05, 0) is 41.8 Å². The van der Waals surface area contributed by atoms with Crippen molar-refractivity contribution in [1.29, 1.82) is 0 Å². The van der Waals surface area contributed by atoms with Gasteiger partial charge in [-0.3, -0.25) is 4.79 Å². The number of rotatable bonds is 7. The molecule has 3 aromatic rings. The number of benzene rings is 2. The van der Waals surface area contributed by atoms with Crippen LogP contribution in [0.1, 0.15) is 4.88 Å². The summed E-state index contributed by atoms with van der Waals surface area (Å²) in [6.45, 7) is 0.408. The van der Waals surface area contributed by atoms with Gasteiger partial charge in [-0.2, -0.15) is 13.4 Å². The molecule has 0 aliphatic carbocycles. The number of halogens is 1. The normalized spacial score (nSPS) is 17.6. The quantitative estimate of drug-likeness (QED) is 0.393. The van der Waals surface area contributed by atoms with Crippen LogP contribution < -0.4 is 8.61 Å². The summed E-state index contributed by atoms with van der Waals surface area (Å²) in [5.41, 5.74) is 1.05. The second kappa shape index (κ2) is 8.52. The Labute approximate surface area is 188 Å². The number of carbonyl (C=O) groups excluding carboxylic acids is 1. The highest BCUT2D eigenvalue weighted by Gasteiger charge is 2.51. The van der Waals surface area contributed by atoms with Gasteiger partial charge in [0.15, 0.2) is 5.69 Å². The standard InChI is InChI=1S/C20H16ClN3O3S3/c21-15-7-9-17(10-8-15)30(26,27)24(14-23-18-5-1-2-6-19(18)24)29-13-20(25)22-12-16-4-3-11-28-16/h1-11,14H,12-13H2/p+1. The van der Waals surface area contributed by atoms with Crippen LogP contribution in [0.25, 0.3) is 0 Å². The fourth-order valence-corrected chi connectivity index (χ4v) is 6.91. The molecule has 154 valence electrons. The highest BCUT2D eigenvalue weighted by atomic mass is 35.5. The number of hydrogen-bond acceptors (Lipinski definition) is 6. The monoisotopic (exact) mass is 478 g/mol. The average Bonchev–Trinajstić information content (AvgIpc) is 3.40. The SMILES string of the molecule is O=C(CS[N+]1(S(=O)(=O)c2ccc(Cl)cc2)C=Nc2ccccc21)NCc1cccs1. The van der Waals surface area contributed by atoms with Crippen LogP contribution in [-0.4, -0.2) is 26.4 Å². The van der Waals surface area contributed by atoms with E-state index in [0.29, 0.717) is 22.9 Å². The van der Waals surface area contributed by atoms with E-state index < -0.39 is 13.3 Å². The van der Waals surface area contributed by atoms with E-state index in [1.165, 1.54) is 30.6 Å². The molecule has 0 radical (unpaired) electrons. The maximum atomic E-state index is 13.7. The molecule has 0 bridgehead atoms.